The zero-order valence-corrected chi connectivity index (χ0v) is 12.9. The topological polar surface area (TPSA) is 15.3 Å². The van der Waals surface area contributed by atoms with Crippen molar-refractivity contribution < 1.29 is 4.39 Å². The van der Waals surface area contributed by atoms with Crippen molar-refractivity contribution in [1.82, 2.24) is 10.2 Å². The third kappa shape index (κ3) is 4.83. The average Bonchev–Trinajstić information content (AvgIpc) is 2.50. The number of thiocarbonyl (C=S) groups is 1. The highest BCUT2D eigenvalue weighted by molar-refractivity contribution is 7.80. The summed E-state index contributed by atoms with van der Waals surface area (Å²) in [6, 6.07) is 17.0. The lowest BCUT2D eigenvalue weighted by Crippen LogP contribution is -2.37. The van der Waals surface area contributed by atoms with Crippen LogP contribution in [0, 0.1) is 5.82 Å². The number of benzene rings is 2. The standard InChI is InChI=1S/C17H19FN2S/c1-20(13-15-9-5-6-10-16(15)18)17(21)19-12-11-14-7-3-2-4-8-14/h2-10H,11-13H2,1H3,(H,19,21). The molecular weight excluding hydrogens is 283 g/mol. The van der Waals surface area contributed by atoms with E-state index in [9.17, 15) is 4.39 Å². The highest BCUT2D eigenvalue weighted by Gasteiger charge is 2.07. The fraction of sp³-hybridized carbons (Fsp3) is 0.235. The summed E-state index contributed by atoms with van der Waals surface area (Å²) >= 11 is 5.33. The van der Waals surface area contributed by atoms with E-state index in [1.165, 1.54) is 11.6 Å². The van der Waals surface area contributed by atoms with Crippen LogP contribution in [0.4, 0.5) is 4.39 Å². The molecule has 0 heterocycles. The summed E-state index contributed by atoms with van der Waals surface area (Å²) < 4.78 is 13.6. The van der Waals surface area contributed by atoms with E-state index < -0.39 is 0 Å². The minimum atomic E-state index is -0.198. The lowest BCUT2D eigenvalue weighted by molar-refractivity contribution is 0.471. The zero-order valence-electron chi connectivity index (χ0n) is 12.1. The van der Waals surface area contributed by atoms with Crippen LogP contribution in [0.5, 0.6) is 0 Å². The van der Waals surface area contributed by atoms with Crippen LogP contribution >= 0.6 is 12.2 Å². The van der Waals surface area contributed by atoms with Gasteiger partial charge in [0.1, 0.15) is 5.82 Å². The molecule has 2 aromatic rings. The number of halogens is 1. The Morgan fingerprint density at radius 2 is 1.76 bits per heavy atom. The van der Waals surface area contributed by atoms with Gasteiger partial charge < -0.3 is 10.2 Å². The van der Waals surface area contributed by atoms with Crippen LogP contribution in [0.3, 0.4) is 0 Å². The molecule has 0 saturated heterocycles. The lowest BCUT2D eigenvalue weighted by atomic mass is 10.1. The predicted octanol–water partition coefficient (Wildman–Crippen LogP) is 3.37. The van der Waals surface area contributed by atoms with Crippen molar-refractivity contribution in [3.8, 4) is 0 Å². The molecule has 0 atom stereocenters. The number of nitrogens with zero attached hydrogens (tertiary/aromatic N) is 1. The van der Waals surface area contributed by atoms with Crippen molar-refractivity contribution in [2.75, 3.05) is 13.6 Å². The molecule has 0 aliphatic carbocycles. The molecule has 2 nitrogen and oxygen atoms in total. The van der Waals surface area contributed by atoms with Gasteiger partial charge in [-0.25, -0.2) is 4.39 Å². The number of rotatable bonds is 5. The Morgan fingerprint density at radius 1 is 1.10 bits per heavy atom. The van der Waals surface area contributed by atoms with Crippen molar-refractivity contribution in [3.05, 3.63) is 71.5 Å². The molecule has 0 aliphatic rings. The molecule has 21 heavy (non-hydrogen) atoms. The predicted molar refractivity (Wildman–Crippen MR) is 88.6 cm³/mol. The van der Waals surface area contributed by atoms with Gasteiger partial charge in [-0.15, -0.1) is 0 Å². The average molecular weight is 302 g/mol. The molecule has 0 aromatic heterocycles. The molecule has 0 amide bonds. The lowest BCUT2D eigenvalue weighted by Gasteiger charge is -2.21. The molecule has 0 radical (unpaired) electrons. The Balaban J connectivity index is 1.79. The number of hydrogen-bond acceptors (Lipinski definition) is 1. The quantitative estimate of drug-likeness (QED) is 0.853. The van der Waals surface area contributed by atoms with Gasteiger partial charge in [0.25, 0.3) is 0 Å². The molecule has 0 spiro atoms. The molecule has 0 aliphatic heterocycles. The summed E-state index contributed by atoms with van der Waals surface area (Å²) in [5.41, 5.74) is 1.91. The maximum atomic E-state index is 13.6. The third-order valence-corrected chi connectivity index (χ3v) is 3.70. The smallest absolute Gasteiger partial charge is 0.168 e. The molecule has 2 rings (SSSR count). The molecule has 0 fully saturated rings. The largest absolute Gasteiger partial charge is 0.362 e. The van der Waals surface area contributed by atoms with E-state index in [2.05, 4.69) is 17.4 Å². The minimum Gasteiger partial charge on any atom is -0.362 e. The Labute approximate surface area is 130 Å². The van der Waals surface area contributed by atoms with Gasteiger partial charge in [0.15, 0.2) is 5.11 Å². The third-order valence-electron chi connectivity index (χ3n) is 3.24. The maximum Gasteiger partial charge on any atom is 0.168 e. The van der Waals surface area contributed by atoms with E-state index in [1.54, 1.807) is 12.1 Å². The fourth-order valence-corrected chi connectivity index (χ4v) is 2.21. The van der Waals surface area contributed by atoms with Crippen molar-refractivity contribution >= 4 is 17.3 Å². The molecule has 4 heteroatoms. The first-order chi connectivity index (χ1) is 10.2. The number of hydrogen-bond donors (Lipinski definition) is 1. The summed E-state index contributed by atoms with van der Waals surface area (Å²) in [7, 11) is 1.87. The summed E-state index contributed by atoms with van der Waals surface area (Å²) in [5, 5.41) is 3.84. The van der Waals surface area contributed by atoms with Crippen LogP contribution in [-0.2, 0) is 13.0 Å². The maximum absolute atomic E-state index is 13.6. The van der Waals surface area contributed by atoms with E-state index in [1.807, 2.05) is 36.2 Å². The SMILES string of the molecule is CN(Cc1ccccc1F)C(=S)NCCc1ccccc1. The second kappa shape index (κ2) is 7.74. The molecule has 1 N–H and O–H groups in total. The molecule has 110 valence electrons. The van der Waals surface area contributed by atoms with E-state index >= 15 is 0 Å². The summed E-state index contributed by atoms with van der Waals surface area (Å²) in [5.74, 6) is -0.198. The molecule has 0 unspecified atom stereocenters. The first kappa shape index (κ1) is 15.4. The van der Waals surface area contributed by atoms with Crippen LogP contribution in [0.25, 0.3) is 0 Å². The first-order valence-corrected chi connectivity index (χ1v) is 7.34. The molecule has 2 aromatic carbocycles. The van der Waals surface area contributed by atoms with Gasteiger partial charge in [0.2, 0.25) is 0 Å². The summed E-state index contributed by atoms with van der Waals surface area (Å²) in [6.45, 7) is 1.23. The highest BCUT2D eigenvalue weighted by atomic mass is 32.1. The Kier molecular flexibility index (Phi) is 5.69. The van der Waals surface area contributed by atoms with E-state index in [4.69, 9.17) is 12.2 Å². The first-order valence-electron chi connectivity index (χ1n) is 6.93. The molecular formula is C17H19FN2S. The van der Waals surface area contributed by atoms with Crippen LogP contribution in [-0.4, -0.2) is 23.6 Å². The van der Waals surface area contributed by atoms with Crippen LogP contribution in [0.1, 0.15) is 11.1 Å². The number of nitrogens with one attached hydrogen (secondary N) is 1. The van der Waals surface area contributed by atoms with Gasteiger partial charge in [-0.2, -0.15) is 0 Å². The van der Waals surface area contributed by atoms with E-state index in [0.717, 1.165) is 13.0 Å². The monoisotopic (exact) mass is 302 g/mol. The minimum absolute atomic E-state index is 0.198. The normalized spacial score (nSPS) is 10.2. The fourth-order valence-electron chi connectivity index (χ4n) is 2.05. The summed E-state index contributed by atoms with van der Waals surface area (Å²) in [6.07, 6.45) is 0.911. The summed E-state index contributed by atoms with van der Waals surface area (Å²) in [4.78, 5) is 1.85. The van der Waals surface area contributed by atoms with Crippen molar-refractivity contribution in [2.24, 2.45) is 0 Å². The van der Waals surface area contributed by atoms with Gasteiger partial charge in [-0.1, -0.05) is 48.5 Å². The second-order valence-corrected chi connectivity index (χ2v) is 5.30. The van der Waals surface area contributed by atoms with Crippen molar-refractivity contribution in [3.63, 3.8) is 0 Å². The molecule has 0 saturated carbocycles. The van der Waals surface area contributed by atoms with Gasteiger partial charge >= 0.3 is 0 Å². The van der Waals surface area contributed by atoms with Gasteiger partial charge in [0.05, 0.1) is 0 Å². The van der Waals surface area contributed by atoms with Gasteiger partial charge in [-0.3, -0.25) is 0 Å². The Bertz CT molecular complexity index is 586. The van der Waals surface area contributed by atoms with Gasteiger partial charge in [-0.05, 0) is 30.3 Å². The van der Waals surface area contributed by atoms with E-state index in [0.29, 0.717) is 17.2 Å². The zero-order chi connectivity index (χ0) is 15.1. The highest BCUT2D eigenvalue weighted by Crippen LogP contribution is 2.09. The Morgan fingerprint density at radius 3 is 2.48 bits per heavy atom. The second-order valence-electron chi connectivity index (χ2n) is 4.91. The molecule has 0 bridgehead atoms. The van der Waals surface area contributed by atoms with Gasteiger partial charge in [0, 0.05) is 25.7 Å². The van der Waals surface area contributed by atoms with E-state index in [-0.39, 0.29) is 5.82 Å². The Hall–Kier alpha value is -1.94. The van der Waals surface area contributed by atoms with Crippen molar-refractivity contribution in [1.29, 1.82) is 0 Å². The van der Waals surface area contributed by atoms with Crippen LogP contribution in [0.2, 0.25) is 0 Å². The van der Waals surface area contributed by atoms with Crippen LogP contribution < -0.4 is 5.32 Å². The van der Waals surface area contributed by atoms with Crippen molar-refractivity contribution in [2.45, 2.75) is 13.0 Å². The van der Waals surface area contributed by atoms with Crippen LogP contribution in [0.15, 0.2) is 54.6 Å².